The lowest BCUT2D eigenvalue weighted by Crippen LogP contribution is -2.41. The lowest BCUT2D eigenvalue weighted by molar-refractivity contribution is -0.148. The van der Waals surface area contributed by atoms with Gasteiger partial charge in [0, 0.05) is 21.3 Å². The summed E-state index contributed by atoms with van der Waals surface area (Å²) in [4.78, 5) is 50.0. The van der Waals surface area contributed by atoms with E-state index in [1.807, 2.05) is 0 Å². The average Bonchev–Trinajstić information content (AvgIpc) is 3.39. The minimum atomic E-state index is -3.74. The van der Waals surface area contributed by atoms with Crippen LogP contribution < -0.4 is 0 Å². The third-order valence-electron chi connectivity index (χ3n) is 3.94. The largest absolute Gasteiger partial charge is 0.468 e. The zero-order chi connectivity index (χ0) is 21.0. The Morgan fingerprint density at radius 2 is 1.07 bits per heavy atom. The Bertz CT molecular complexity index is 704. The highest BCUT2D eigenvalue weighted by Crippen LogP contribution is 2.64. The van der Waals surface area contributed by atoms with Crippen LogP contribution >= 0.6 is 7.57 Å². The fourth-order valence-electron chi connectivity index (χ4n) is 2.75. The van der Waals surface area contributed by atoms with Crippen LogP contribution in [0, 0.1) is 5.41 Å². The van der Waals surface area contributed by atoms with Gasteiger partial charge in [0.1, 0.15) is 5.29 Å². The van der Waals surface area contributed by atoms with Crippen LogP contribution in [0.4, 0.5) is 0 Å². The summed E-state index contributed by atoms with van der Waals surface area (Å²) in [7, 11) is 3.85. The first kappa shape index (κ1) is 22.8. The lowest BCUT2D eigenvalue weighted by atomic mass is 9.92. The predicted molar refractivity (Wildman–Crippen MR) is 90.5 cm³/mol. The highest BCUT2D eigenvalue weighted by molar-refractivity contribution is 7.65. The Labute approximate surface area is 155 Å². The number of methoxy groups -OCH3 is 4. The smallest absolute Gasteiger partial charge is 0.342 e. The van der Waals surface area contributed by atoms with Gasteiger partial charge in [-0.05, 0) is 0 Å². The molecule has 0 aromatic carbocycles. The number of hydrogen-bond acceptors (Lipinski definition) is 11. The van der Waals surface area contributed by atoms with Crippen molar-refractivity contribution in [3.05, 3.63) is 11.1 Å². The molecule has 0 spiro atoms. The molecule has 11 nitrogen and oxygen atoms in total. The fourth-order valence-corrected chi connectivity index (χ4v) is 4.79. The predicted octanol–water partition coefficient (Wildman–Crippen LogP) is -0.151. The van der Waals surface area contributed by atoms with Crippen molar-refractivity contribution in [1.82, 2.24) is 0 Å². The van der Waals surface area contributed by atoms with Gasteiger partial charge in [0.2, 0.25) is 0 Å². The molecule has 0 fully saturated rings. The quantitative estimate of drug-likeness (QED) is 0.302. The van der Waals surface area contributed by atoms with Gasteiger partial charge in [-0.2, -0.15) is 0 Å². The Morgan fingerprint density at radius 1 is 0.667 bits per heavy atom. The summed E-state index contributed by atoms with van der Waals surface area (Å²) in [5.41, 5.74) is -3.21. The van der Waals surface area contributed by atoms with Gasteiger partial charge in [-0.3, -0.25) is 4.79 Å². The molecule has 0 bridgehead atoms. The highest BCUT2D eigenvalue weighted by Gasteiger charge is 2.73. The Balaban J connectivity index is 4.05. The first-order valence-corrected chi connectivity index (χ1v) is 8.80. The van der Waals surface area contributed by atoms with Crippen LogP contribution in [0.15, 0.2) is 11.1 Å². The summed E-state index contributed by atoms with van der Waals surface area (Å²) < 4.78 is 34.5. The maximum Gasteiger partial charge on any atom is 0.342 e. The Hall–Kier alpha value is -2.20. The second-order valence-corrected chi connectivity index (χ2v) is 7.40. The normalized spacial score (nSPS) is 14.9. The molecule has 0 heterocycles. The summed E-state index contributed by atoms with van der Waals surface area (Å²) in [6.07, 6.45) is 0. The van der Waals surface area contributed by atoms with Crippen molar-refractivity contribution in [3.8, 4) is 0 Å². The molecule has 0 saturated heterocycles. The Kier molecular flexibility index (Phi) is 7.32. The number of rotatable bonds is 8. The molecule has 0 aliphatic heterocycles. The van der Waals surface area contributed by atoms with Gasteiger partial charge in [0.05, 0.1) is 39.6 Å². The molecular weight excluding hydrogens is 387 g/mol. The summed E-state index contributed by atoms with van der Waals surface area (Å²) in [5.74, 6) is -4.36. The molecule has 1 aliphatic carbocycles. The number of ether oxygens (including phenoxy) is 4. The number of hydrogen-bond donors (Lipinski definition) is 0. The molecule has 0 aromatic rings. The first-order valence-electron chi connectivity index (χ1n) is 7.26. The molecule has 0 unspecified atom stereocenters. The molecule has 0 saturated carbocycles. The van der Waals surface area contributed by atoms with Crippen molar-refractivity contribution in [2.24, 2.45) is 5.41 Å². The fraction of sp³-hybridized carbons (Fsp3) is 0.533. The van der Waals surface area contributed by atoms with Gasteiger partial charge in [-0.25, -0.2) is 14.4 Å². The lowest BCUT2D eigenvalue weighted by Gasteiger charge is -2.28. The second-order valence-electron chi connectivity index (χ2n) is 4.86. The van der Waals surface area contributed by atoms with Gasteiger partial charge in [0.25, 0.3) is 7.57 Å². The van der Waals surface area contributed by atoms with E-state index in [1.165, 1.54) is 0 Å². The standard InChI is InChI=1S/C15H21O11P/c1-20-11(16)8-9(12(17)21-2)15(8,14(19)23-4)10(13(18)22-3)27(24-5,25-6)26-7/h1-7H3. The molecule has 12 heteroatoms. The molecule has 0 atom stereocenters. The Morgan fingerprint density at radius 3 is 1.33 bits per heavy atom. The molecule has 0 aromatic heterocycles. The van der Waals surface area contributed by atoms with E-state index in [-0.39, 0.29) is 0 Å². The molecular formula is C15H21O11P. The van der Waals surface area contributed by atoms with Crippen LogP contribution in [0.2, 0.25) is 0 Å². The van der Waals surface area contributed by atoms with Gasteiger partial charge in [-0.15, -0.1) is 0 Å². The average molecular weight is 408 g/mol. The summed E-state index contributed by atoms with van der Waals surface area (Å²) >= 11 is 0. The van der Waals surface area contributed by atoms with Gasteiger partial charge < -0.3 is 32.5 Å². The van der Waals surface area contributed by atoms with Crippen molar-refractivity contribution in [2.75, 3.05) is 49.8 Å². The summed E-state index contributed by atoms with van der Waals surface area (Å²) in [5, 5.41) is -0.558. The SMILES string of the molecule is COC(=O)C1=C(C(=O)OC)C1(C(=O)OC)C(C(=O)OC)=P(OC)(OC)OC. The van der Waals surface area contributed by atoms with E-state index >= 15 is 0 Å². The minimum Gasteiger partial charge on any atom is -0.468 e. The van der Waals surface area contributed by atoms with E-state index in [4.69, 9.17) is 23.0 Å². The molecule has 1 aliphatic rings. The van der Waals surface area contributed by atoms with Crippen LogP contribution in [0.1, 0.15) is 0 Å². The van der Waals surface area contributed by atoms with Gasteiger partial charge in [0.15, 0.2) is 5.41 Å². The van der Waals surface area contributed by atoms with E-state index < -0.39 is 53.3 Å². The maximum atomic E-state index is 12.8. The van der Waals surface area contributed by atoms with Crippen molar-refractivity contribution in [3.63, 3.8) is 0 Å². The molecule has 152 valence electrons. The molecule has 0 radical (unpaired) electrons. The third-order valence-corrected chi connectivity index (χ3v) is 6.44. The van der Waals surface area contributed by atoms with Crippen molar-refractivity contribution < 1.29 is 51.7 Å². The first-order chi connectivity index (χ1) is 12.7. The molecule has 1 rings (SSSR count). The van der Waals surface area contributed by atoms with Crippen LogP contribution in [0.25, 0.3) is 0 Å². The number of carbonyl (C=O) groups excluding carboxylic acids is 4. The van der Waals surface area contributed by atoms with Crippen LogP contribution in [-0.4, -0.2) is 78.9 Å². The van der Waals surface area contributed by atoms with Crippen molar-refractivity contribution in [1.29, 1.82) is 0 Å². The third kappa shape index (κ3) is 3.27. The topological polar surface area (TPSA) is 133 Å². The van der Waals surface area contributed by atoms with Gasteiger partial charge in [-0.1, -0.05) is 0 Å². The highest BCUT2D eigenvalue weighted by atomic mass is 31.2. The number of carbonyl (C=O) groups is 4. The second kappa shape index (κ2) is 8.66. The molecule has 27 heavy (non-hydrogen) atoms. The van der Waals surface area contributed by atoms with E-state index in [9.17, 15) is 19.2 Å². The van der Waals surface area contributed by atoms with E-state index in [0.717, 1.165) is 49.8 Å². The van der Waals surface area contributed by atoms with Crippen LogP contribution in [0.3, 0.4) is 0 Å². The zero-order valence-corrected chi connectivity index (χ0v) is 16.8. The summed E-state index contributed by atoms with van der Waals surface area (Å²) in [6.45, 7) is 0. The molecule has 0 amide bonds. The van der Waals surface area contributed by atoms with Crippen LogP contribution in [0.5, 0.6) is 0 Å². The van der Waals surface area contributed by atoms with E-state index in [2.05, 4.69) is 9.47 Å². The van der Waals surface area contributed by atoms with E-state index in [1.54, 1.807) is 0 Å². The summed E-state index contributed by atoms with van der Waals surface area (Å²) in [6, 6.07) is 0. The minimum absolute atomic E-state index is 0.459. The monoisotopic (exact) mass is 408 g/mol. The van der Waals surface area contributed by atoms with E-state index in [0.29, 0.717) is 0 Å². The van der Waals surface area contributed by atoms with Gasteiger partial charge >= 0.3 is 23.9 Å². The molecule has 0 N–H and O–H groups in total. The van der Waals surface area contributed by atoms with Crippen LogP contribution in [-0.2, 0) is 51.7 Å². The maximum absolute atomic E-state index is 12.8. The van der Waals surface area contributed by atoms with Crippen molar-refractivity contribution in [2.45, 2.75) is 0 Å². The number of esters is 4. The zero-order valence-electron chi connectivity index (χ0n) is 15.9. The van der Waals surface area contributed by atoms with Crippen molar-refractivity contribution >= 4 is 36.7 Å².